The number of benzene rings is 2. The van der Waals surface area contributed by atoms with Crippen LogP contribution in [0.1, 0.15) is 12.5 Å². The zero-order chi connectivity index (χ0) is 21.3. The summed E-state index contributed by atoms with van der Waals surface area (Å²) in [5, 5.41) is 0. The lowest BCUT2D eigenvalue weighted by Crippen LogP contribution is -2.47. The highest BCUT2D eigenvalue weighted by Crippen LogP contribution is 2.36. The summed E-state index contributed by atoms with van der Waals surface area (Å²) >= 11 is 0. The van der Waals surface area contributed by atoms with Gasteiger partial charge in [0.1, 0.15) is 5.70 Å². The van der Waals surface area contributed by atoms with Crippen LogP contribution < -0.4 is 9.80 Å². The van der Waals surface area contributed by atoms with Crippen molar-refractivity contribution in [1.29, 1.82) is 0 Å². The Morgan fingerprint density at radius 3 is 2.20 bits per heavy atom. The van der Waals surface area contributed by atoms with Gasteiger partial charge < -0.3 is 14.7 Å². The highest BCUT2D eigenvalue weighted by Gasteiger charge is 2.43. The van der Waals surface area contributed by atoms with Crippen molar-refractivity contribution in [3.63, 3.8) is 0 Å². The monoisotopic (exact) mass is 404 g/mol. The fourth-order valence-corrected chi connectivity index (χ4v) is 4.11. The lowest BCUT2D eigenvalue weighted by molar-refractivity contribution is -0.120. The number of imide groups is 1. The molecule has 0 saturated carbocycles. The number of anilines is 2. The molecule has 0 spiro atoms. The highest BCUT2D eigenvalue weighted by molar-refractivity contribution is 6.45. The maximum Gasteiger partial charge on any atom is 0.282 e. The van der Waals surface area contributed by atoms with E-state index >= 15 is 0 Å². The van der Waals surface area contributed by atoms with Crippen molar-refractivity contribution in [2.45, 2.75) is 6.92 Å². The number of rotatable bonds is 5. The van der Waals surface area contributed by atoms with E-state index in [2.05, 4.69) is 16.7 Å². The Balaban J connectivity index is 1.76. The average molecular weight is 405 g/mol. The third-order valence-corrected chi connectivity index (χ3v) is 5.86. The van der Waals surface area contributed by atoms with Crippen LogP contribution in [0.25, 0.3) is 5.57 Å². The van der Waals surface area contributed by atoms with Gasteiger partial charge in [0.2, 0.25) is 0 Å². The van der Waals surface area contributed by atoms with Crippen molar-refractivity contribution in [2.24, 2.45) is 0 Å². The van der Waals surface area contributed by atoms with Gasteiger partial charge in [-0.3, -0.25) is 9.59 Å². The number of amides is 2. The number of nitrogens with zero attached hydrogens (tertiary/aromatic N) is 4. The molecule has 0 atom stereocenters. The van der Waals surface area contributed by atoms with Crippen molar-refractivity contribution >= 4 is 28.8 Å². The summed E-state index contributed by atoms with van der Waals surface area (Å²) in [5.74, 6) is -0.491. The molecule has 6 nitrogen and oxygen atoms in total. The molecule has 0 aromatic heterocycles. The smallest absolute Gasteiger partial charge is 0.282 e. The minimum Gasteiger partial charge on any atom is -0.378 e. The Morgan fingerprint density at radius 1 is 0.867 bits per heavy atom. The van der Waals surface area contributed by atoms with Crippen LogP contribution in [0.4, 0.5) is 11.4 Å². The highest BCUT2D eigenvalue weighted by atomic mass is 16.2. The fourth-order valence-electron chi connectivity index (χ4n) is 4.11. The third kappa shape index (κ3) is 3.59. The van der Waals surface area contributed by atoms with Crippen molar-refractivity contribution in [3.8, 4) is 0 Å². The molecule has 1 fully saturated rings. The van der Waals surface area contributed by atoms with Crippen molar-refractivity contribution in [2.75, 3.05) is 56.6 Å². The van der Waals surface area contributed by atoms with Gasteiger partial charge in [-0.05, 0) is 30.3 Å². The normalized spacial score (nSPS) is 17.8. The zero-order valence-electron chi connectivity index (χ0n) is 17.8. The molecular formula is C24H28N4O2. The maximum atomic E-state index is 13.6. The van der Waals surface area contributed by atoms with Crippen LogP contribution >= 0.6 is 0 Å². The van der Waals surface area contributed by atoms with Gasteiger partial charge in [0.25, 0.3) is 11.8 Å². The zero-order valence-corrected chi connectivity index (χ0v) is 17.8. The standard InChI is InChI=1S/C24H28N4O2/c1-4-26-13-15-27(16-14-26)22-21(18-9-6-5-7-10-18)23(29)28(24(22)30)20-12-8-11-19(17-20)25(2)3/h5-12,17H,4,13-16H2,1-3H3. The number of hydrogen-bond donors (Lipinski definition) is 0. The van der Waals surface area contributed by atoms with E-state index in [1.807, 2.05) is 73.6 Å². The molecule has 0 radical (unpaired) electrons. The fraction of sp³-hybridized carbons (Fsp3) is 0.333. The van der Waals surface area contributed by atoms with Gasteiger partial charge in [0, 0.05) is 46.0 Å². The largest absolute Gasteiger partial charge is 0.378 e. The van der Waals surface area contributed by atoms with Gasteiger partial charge in [0.05, 0.1) is 11.3 Å². The number of carbonyl (C=O) groups excluding carboxylic acids is 2. The molecular weight excluding hydrogens is 376 g/mol. The lowest BCUT2D eigenvalue weighted by atomic mass is 10.0. The molecule has 2 aliphatic rings. The molecule has 2 aliphatic heterocycles. The molecule has 0 bridgehead atoms. The van der Waals surface area contributed by atoms with Crippen LogP contribution in [0.5, 0.6) is 0 Å². The summed E-state index contributed by atoms with van der Waals surface area (Å²) in [7, 11) is 3.89. The molecule has 30 heavy (non-hydrogen) atoms. The van der Waals surface area contributed by atoms with Gasteiger partial charge in [-0.25, -0.2) is 4.90 Å². The number of carbonyl (C=O) groups is 2. The van der Waals surface area contributed by atoms with Crippen LogP contribution in [-0.4, -0.2) is 68.4 Å². The van der Waals surface area contributed by atoms with E-state index in [1.165, 1.54) is 4.90 Å². The molecule has 156 valence electrons. The van der Waals surface area contributed by atoms with E-state index in [-0.39, 0.29) is 11.8 Å². The first kappa shape index (κ1) is 20.2. The molecule has 2 amide bonds. The van der Waals surface area contributed by atoms with Gasteiger partial charge in [-0.15, -0.1) is 0 Å². The van der Waals surface area contributed by atoms with Gasteiger partial charge in [-0.2, -0.15) is 0 Å². The molecule has 0 aliphatic carbocycles. The SMILES string of the molecule is CCN1CCN(C2=C(c3ccccc3)C(=O)N(c3cccc(N(C)C)c3)C2=O)CC1. The van der Waals surface area contributed by atoms with E-state index in [9.17, 15) is 9.59 Å². The first-order chi connectivity index (χ1) is 14.5. The van der Waals surface area contributed by atoms with Crippen molar-refractivity contribution < 1.29 is 9.59 Å². The molecule has 1 saturated heterocycles. The van der Waals surface area contributed by atoms with Gasteiger partial charge in [-0.1, -0.05) is 43.3 Å². The van der Waals surface area contributed by atoms with Crippen LogP contribution in [0.2, 0.25) is 0 Å². The van der Waals surface area contributed by atoms with Gasteiger partial charge >= 0.3 is 0 Å². The molecule has 2 heterocycles. The first-order valence-electron chi connectivity index (χ1n) is 10.4. The number of likely N-dealkylation sites (N-methyl/N-ethyl adjacent to an activating group) is 1. The Labute approximate surface area is 178 Å². The Morgan fingerprint density at radius 2 is 1.57 bits per heavy atom. The molecule has 2 aromatic rings. The topological polar surface area (TPSA) is 47.1 Å². The molecule has 0 N–H and O–H groups in total. The second kappa shape index (κ2) is 8.32. The maximum absolute atomic E-state index is 13.6. The average Bonchev–Trinajstić information content (AvgIpc) is 3.04. The summed E-state index contributed by atoms with van der Waals surface area (Å²) in [5.41, 5.74) is 3.36. The van der Waals surface area contributed by atoms with Crippen LogP contribution in [0.3, 0.4) is 0 Å². The van der Waals surface area contributed by atoms with Crippen LogP contribution in [-0.2, 0) is 9.59 Å². The first-order valence-corrected chi connectivity index (χ1v) is 10.4. The summed E-state index contributed by atoms with van der Waals surface area (Å²) < 4.78 is 0. The summed E-state index contributed by atoms with van der Waals surface area (Å²) in [6.07, 6.45) is 0. The van der Waals surface area contributed by atoms with Crippen molar-refractivity contribution in [3.05, 3.63) is 65.9 Å². The quantitative estimate of drug-likeness (QED) is 0.717. The molecule has 0 unspecified atom stereocenters. The van der Waals surface area contributed by atoms with E-state index in [4.69, 9.17) is 0 Å². The minimum atomic E-state index is -0.255. The summed E-state index contributed by atoms with van der Waals surface area (Å²) in [4.78, 5) is 34.9. The Hall–Kier alpha value is -3.12. The van der Waals surface area contributed by atoms with Crippen LogP contribution in [0.15, 0.2) is 60.3 Å². The number of piperazine rings is 1. The second-order valence-electron chi connectivity index (χ2n) is 7.87. The predicted octanol–water partition coefficient (Wildman–Crippen LogP) is 2.67. The molecule has 2 aromatic carbocycles. The molecule has 6 heteroatoms. The van der Waals surface area contributed by atoms with Crippen molar-refractivity contribution in [1.82, 2.24) is 9.80 Å². The third-order valence-electron chi connectivity index (χ3n) is 5.86. The molecule has 4 rings (SSSR count). The van der Waals surface area contributed by atoms with E-state index in [1.54, 1.807) is 0 Å². The van der Waals surface area contributed by atoms with E-state index in [0.717, 1.165) is 44.0 Å². The van der Waals surface area contributed by atoms with E-state index < -0.39 is 0 Å². The number of hydrogen-bond acceptors (Lipinski definition) is 5. The summed E-state index contributed by atoms with van der Waals surface area (Å²) in [6.45, 7) is 6.40. The second-order valence-corrected chi connectivity index (χ2v) is 7.87. The lowest BCUT2D eigenvalue weighted by Gasteiger charge is -2.36. The van der Waals surface area contributed by atoms with Crippen LogP contribution in [0, 0.1) is 0 Å². The van der Waals surface area contributed by atoms with Gasteiger partial charge in [0.15, 0.2) is 0 Å². The predicted molar refractivity (Wildman–Crippen MR) is 120 cm³/mol. The Bertz CT molecular complexity index is 976. The Kier molecular flexibility index (Phi) is 5.59. The van der Waals surface area contributed by atoms with E-state index in [0.29, 0.717) is 17.0 Å². The summed E-state index contributed by atoms with van der Waals surface area (Å²) in [6, 6.07) is 17.1. The minimum absolute atomic E-state index is 0.236.